The lowest BCUT2D eigenvalue weighted by molar-refractivity contribution is 0.342. The van der Waals surface area contributed by atoms with E-state index in [2.05, 4.69) is 11.7 Å². The molecule has 0 spiro atoms. The van der Waals surface area contributed by atoms with Crippen LogP contribution in [0.15, 0.2) is 36.0 Å². The molecule has 15 heavy (non-hydrogen) atoms. The van der Waals surface area contributed by atoms with Crippen LogP contribution >= 0.6 is 0 Å². The van der Waals surface area contributed by atoms with Crippen LogP contribution in [0.3, 0.4) is 0 Å². The highest BCUT2D eigenvalue weighted by Gasteiger charge is 2.05. The van der Waals surface area contributed by atoms with Crippen LogP contribution in [-0.4, -0.2) is 12.3 Å². The highest BCUT2D eigenvalue weighted by molar-refractivity contribution is 5.98. The molecule has 1 rings (SSSR count). The van der Waals surface area contributed by atoms with Crippen molar-refractivity contribution in [3.8, 4) is 5.75 Å². The predicted octanol–water partition coefficient (Wildman–Crippen LogP) is 2.07. The fourth-order valence-electron chi connectivity index (χ4n) is 1.06. The minimum atomic E-state index is -0.412. The monoisotopic (exact) mass is 208 g/mol. The largest absolute Gasteiger partial charge is 0.486 e. The van der Waals surface area contributed by atoms with Gasteiger partial charge in [-0.25, -0.2) is 4.39 Å². The van der Waals surface area contributed by atoms with Gasteiger partial charge in [-0.1, -0.05) is 12.7 Å². The maximum Gasteiger partial charge on any atom is 0.165 e. The first kappa shape index (κ1) is 11.2. The highest BCUT2D eigenvalue weighted by atomic mass is 19.1. The molecule has 0 heterocycles. The second-order valence-corrected chi connectivity index (χ2v) is 2.96. The third-order valence-electron chi connectivity index (χ3n) is 1.90. The molecule has 0 aliphatic carbocycles. The zero-order valence-electron chi connectivity index (χ0n) is 8.53. The molecule has 4 heteroatoms. The van der Waals surface area contributed by atoms with Crippen LogP contribution < -0.4 is 10.6 Å². The number of benzene rings is 1. The molecule has 0 aliphatic heterocycles. The number of hydrogen-bond acceptors (Lipinski definition) is 3. The van der Waals surface area contributed by atoms with E-state index in [0.29, 0.717) is 5.71 Å². The van der Waals surface area contributed by atoms with E-state index in [4.69, 9.17) is 10.6 Å². The van der Waals surface area contributed by atoms with Crippen LogP contribution in [0.4, 0.5) is 4.39 Å². The van der Waals surface area contributed by atoms with Crippen LogP contribution in [0, 0.1) is 5.82 Å². The summed E-state index contributed by atoms with van der Waals surface area (Å²) in [6, 6.07) is 4.48. The third-order valence-corrected chi connectivity index (χ3v) is 1.90. The maximum atomic E-state index is 13.2. The molecule has 80 valence electrons. The Kier molecular flexibility index (Phi) is 3.85. The molecule has 0 atom stereocenters. The van der Waals surface area contributed by atoms with Gasteiger partial charge in [0.2, 0.25) is 0 Å². The predicted molar refractivity (Wildman–Crippen MR) is 58.5 cm³/mol. The Labute approximate surface area is 88.1 Å². The molecular weight excluding hydrogens is 195 g/mol. The van der Waals surface area contributed by atoms with Gasteiger partial charge in [0.25, 0.3) is 0 Å². The van der Waals surface area contributed by atoms with Crippen molar-refractivity contribution in [1.29, 1.82) is 0 Å². The number of nitrogens with two attached hydrogens (primary N) is 1. The molecule has 0 bridgehead atoms. The number of halogens is 1. The van der Waals surface area contributed by atoms with Crippen LogP contribution in [0.2, 0.25) is 0 Å². The van der Waals surface area contributed by atoms with E-state index in [1.165, 1.54) is 6.07 Å². The van der Waals surface area contributed by atoms with E-state index in [9.17, 15) is 4.39 Å². The van der Waals surface area contributed by atoms with Crippen molar-refractivity contribution < 1.29 is 9.13 Å². The lowest BCUT2D eigenvalue weighted by Crippen LogP contribution is -2.01. The average molecular weight is 208 g/mol. The minimum absolute atomic E-state index is 0.176. The van der Waals surface area contributed by atoms with Crippen LogP contribution in [-0.2, 0) is 0 Å². The van der Waals surface area contributed by atoms with Gasteiger partial charge in [-0.3, -0.25) is 0 Å². The molecule has 3 nitrogen and oxygen atoms in total. The Bertz CT molecular complexity index is 388. The minimum Gasteiger partial charge on any atom is -0.486 e. The number of nitrogens with zero attached hydrogens (tertiary/aromatic N) is 1. The van der Waals surface area contributed by atoms with E-state index >= 15 is 0 Å². The molecule has 2 N–H and O–H groups in total. The van der Waals surface area contributed by atoms with E-state index in [0.717, 1.165) is 5.56 Å². The fraction of sp³-hybridized carbons (Fsp3) is 0.182. The quantitative estimate of drug-likeness (QED) is 0.356. The molecule has 1 aromatic rings. The summed E-state index contributed by atoms with van der Waals surface area (Å²) in [4.78, 5) is 0. The highest BCUT2D eigenvalue weighted by Crippen LogP contribution is 2.19. The molecule has 0 saturated carbocycles. The van der Waals surface area contributed by atoms with Gasteiger partial charge >= 0.3 is 0 Å². The Hall–Kier alpha value is -1.84. The van der Waals surface area contributed by atoms with Gasteiger partial charge in [-0.15, -0.1) is 0 Å². The van der Waals surface area contributed by atoms with E-state index in [1.807, 2.05) is 0 Å². The summed E-state index contributed by atoms with van der Waals surface area (Å²) < 4.78 is 18.4. The average Bonchev–Trinajstić information content (AvgIpc) is 2.27. The van der Waals surface area contributed by atoms with Gasteiger partial charge in [-0.2, -0.15) is 5.10 Å². The van der Waals surface area contributed by atoms with Crippen molar-refractivity contribution in [2.45, 2.75) is 6.92 Å². The number of hydrazone groups is 1. The molecule has 0 aliphatic rings. The summed E-state index contributed by atoms with van der Waals surface area (Å²) >= 11 is 0. The molecule has 0 saturated heterocycles. The van der Waals surface area contributed by atoms with Gasteiger partial charge < -0.3 is 10.6 Å². The van der Waals surface area contributed by atoms with Gasteiger partial charge in [-0.05, 0) is 25.1 Å². The van der Waals surface area contributed by atoms with Gasteiger partial charge in [0, 0.05) is 5.56 Å². The van der Waals surface area contributed by atoms with Crippen molar-refractivity contribution in [3.05, 3.63) is 42.2 Å². The number of rotatable bonds is 4. The van der Waals surface area contributed by atoms with Crippen molar-refractivity contribution >= 4 is 5.71 Å². The van der Waals surface area contributed by atoms with Crippen LogP contribution in [0.1, 0.15) is 12.5 Å². The molecular formula is C11H13FN2O. The van der Waals surface area contributed by atoms with Crippen LogP contribution in [0.25, 0.3) is 0 Å². The lowest BCUT2D eigenvalue weighted by atomic mass is 10.1. The Balaban J connectivity index is 2.99. The second kappa shape index (κ2) is 5.14. The van der Waals surface area contributed by atoms with Crippen molar-refractivity contribution in [3.63, 3.8) is 0 Å². The van der Waals surface area contributed by atoms with Gasteiger partial charge in [0.1, 0.15) is 6.61 Å². The Morgan fingerprint density at radius 1 is 1.67 bits per heavy atom. The normalized spacial score (nSPS) is 11.2. The molecule has 0 unspecified atom stereocenters. The zero-order chi connectivity index (χ0) is 11.3. The van der Waals surface area contributed by atoms with Gasteiger partial charge in [0.15, 0.2) is 11.6 Å². The van der Waals surface area contributed by atoms with Gasteiger partial charge in [0.05, 0.1) is 5.71 Å². The van der Waals surface area contributed by atoms with E-state index in [-0.39, 0.29) is 12.4 Å². The third kappa shape index (κ3) is 2.80. The molecule has 0 radical (unpaired) electrons. The summed E-state index contributed by atoms with van der Waals surface area (Å²) in [5.74, 6) is 4.89. The van der Waals surface area contributed by atoms with Crippen LogP contribution in [0.5, 0.6) is 5.75 Å². The second-order valence-electron chi connectivity index (χ2n) is 2.96. The lowest BCUT2D eigenvalue weighted by Gasteiger charge is -2.06. The Morgan fingerprint density at radius 2 is 2.40 bits per heavy atom. The molecule has 0 fully saturated rings. The summed E-state index contributed by atoms with van der Waals surface area (Å²) in [5.41, 5.74) is 1.36. The number of ether oxygens (including phenoxy) is 1. The summed E-state index contributed by atoms with van der Waals surface area (Å²) in [6.45, 7) is 5.49. The summed E-state index contributed by atoms with van der Waals surface area (Å²) in [6.07, 6.45) is 1.55. The van der Waals surface area contributed by atoms with Crippen molar-refractivity contribution in [2.24, 2.45) is 10.9 Å². The summed E-state index contributed by atoms with van der Waals surface area (Å²) in [5, 5.41) is 3.53. The SMILES string of the molecule is C=CCOc1cc(/C(C)=N/N)ccc1F. The summed E-state index contributed by atoms with van der Waals surface area (Å²) in [7, 11) is 0. The number of hydrogen-bond donors (Lipinski definition) is 1. The molecule has 0 amide bonds. The first-order chi connectivity index (χ1) is 7.19. The van der Waals surface area contributed by atoms with Crippen molar-refractivity contribution in [2.75, 3.05) is 6.61 Å². The molecule has 1 aromatic carbocycles. The Morgan fingerprint density at radius 3 is 3.00 bits per heavy atom. The maximum absolute atomic E-state index is 13.2. The van der Waals surface area contributed by atoms with Crippen molar-refractivity contribution in [1.82, 2.24) is 0 Å². The molecule has 0 aromatic heterocycles. The zero-order valence-corrected chi connectivity index (χ0v) is 8.53. The topological polar surface area (TPSA) is 47.6 Å². The first-order valence-corrected chi connectivity index (χ1v) is 4.47. The van der Waals surface area contributed by atoms with E-state index < -0.39 is 5.82 Å². The standard InChI is InChI=1S/C11H13FN2O/c1-3-6-15-11-7-9(8(2)14-13)4-5-10(11)12/h3-5,7H,1,6,13H2,2H3/b14-8+. The first-order valence-electron chi connectivity index (χ1n) is 4.47. The smallest absolute Gasteiger partial charge is 0.165 e. The van der Waals surface area contributed by atoms with E-state index in [1.54, 1.807) is 25.1 Å². The fourth-order valence-corrected chi connectivity index (χ4v) is 1.06.